The molecule has 0 atom stereocenters. The van der Waals surface area contributed by atoms with Crippen molar-refractivity contribution in [3.8, 4) is 39.5 Å². The first kappa shape index (κ1) is 30.9. The van der Waals surface area contributed by atoms with Crippen molar-refractivity contribution in [1.82, 2.24) is 18.9 Å². The predicted octanol–water partition coefficient (Wildman–Crippen LogP) is 14.1. The van der Waals surface area contributed by atoms with Crippen LogP contribution >= 0.6 is 11.3 Å². The van der Waals surface area contributed by atoms with Gasteiger partial charge in [-0.1, -0.05) is 133 Å². The molecule has 8 aromatic carbocycles. The summed E-state index contributed by atoms with van der Waals surface area (Å²) in [6.45, 7) is 0. The highest BCUT2D eigenvalue weighted by atomic mass is 32.1. The molecule has 5 heteroatoms. The van der Waals surface area contributed by atoms with Gasteiger partial charge >= 0.3 is 0 Å². The Morgan fingerprint density at radius 3 is 1.84 bits per heavy atom. The summed E-state index contributed by atoms with van der Waals surface area (Å²) in [6, 6.07) is 65.8. The quantitative estimate of drug-likeness (QED) is 0.180. The van der Waals surface area contributed by atoms with E-state index in [0.717, 1.165) is 38.5 Å². The maximum atomic E-state index is 5.26. The lowest BCUT2D eigenvalue weighted by atomic mass is 10.00. The summed E-state index contributed by atoms with van der Waals surface area (Å²) in [5.41, 5.74) is 13.8. The third-order valence-corrected chi connectivity index (χ3v) is 13.0. The Labute approximate surface area is 330 Å². The molecule has 13 rings (SSSR count). The molecule has 0 saturated carbocycles. The molecule has 0 aliphatic rings. The van der Waals surface area contributed by atoms with Crippen LogP contribution in [0.3, 0.4) is 0 Å². The summed E-state index contributed by atoms with van der Waals surface area (Å²) in [5.74, 6) is 0.741. The third-order valence-electron chi connectivity index (χ3n) is 11.9. The van der Waals surface area contributed by atoms with Crippen molar-refractivity contribution in [2.45, 2.75) is 0 Å². The molecule has 13 aromatic rings. The summed E-state index contributed by atoms with van der Waals surface area (Å²) in [7, 11) is 0. The van der Waals surface area contributed by atoms with Crippen LogP contribution in [0.2, 0.25) is 0 Å². The molecule has 0 saturated heterocycles. The summed E-state index contributed by atoms with van der Waals surface area (Å²) >= 11 is 1.77. The molecular formula is C52H30N4S. The van der Waals surface area contributed by atoms with Gasteiger partial charge in [-0.25, -0.2) is 9.97 Å². The number of hydrogen-bond acceptors (Lipinski definition) is 3. The summed E-state index contributed by atoms with van der Waals surface area (Å²) in [4.78, 5) is 10.4. The van der Waals surface area contributed by atoms with Crippen molar-refractivity contribution >= 4 is 91.5 Å². The van der Waals surface area contributed by atoms with Gasteiger partial charge in [-0.3, -0.25) is 0 Å². The molecule has 57 heavy (non-hydrogen) atoms. The van der Waals surface area contributed by atoms with Crippen molar-refractivity contribution in [2.24, 2.45) is 0 Å². The van der Waals surface area contributed by atoms with Gasteiger partial charge in [-0.05, 0) is 59.7 Å². The zero-order valence-electron chi connectivity index (χ0n) is 30.5. The van der Waals surface area contributed by atoms with Crippen LogP contribution in [0.25, 0.3) is 120 Å². The van der Waals surface area contributed by atoms with E-state index in [9.17, 15) is 0 Å². The Hall–Kier alpha value is -7.34. The number of rotatable bonds is 4. The van der Waals surface area contributed by atoms with Crippen LogP contribution in [0.1, 0.15) is 0 Å². The molecule has 0 aliphatic heterocycles. The normalized spacial score (nSPS) is 12.2. The van der Waals surface area contributed by atoms with Crippen LogP contribution in [0.15, 0.2) is 182 Å². The standard InChI is InChI=1S/C52H30N4S/c1-3-13-31(14-4-1)34-25-28-44-39(29-34)41-30-40-36-17-7-10-20-42(36)55(49(40)46-37-18-8-11-21-43(37)56(44)50(41)46)35-26-23-32(24-27-35)47-51-48(38-19-9-12-22-45(38)57-51)54-52(53-47)33-15-5-2-6-16-33/h1-30H. The van der Waals surface area contributed by atoms with Gasteiger partial charge in [-0.15, -0.1) is 11.3 Å². The van der Waals surface area contributed by atoms with Gasteiger partial charge in [0.2, 0.25) is 0 Å². The predicted molar refractivity (Wildman–Crippen MR) is 240 cm³/mol. The molecule has 264 valence electrons. The fraction of sp³-hybridized carbons (Fsp3) is 0. The molecule has 0 unspecified atom stereocenters. The number of nitrogens with zero attached hydrogens (tertiary/aromatic N) is 4. The van der Waals surface area contributed by atoms with E-state index in [-0.39, 0.29) is 0 Å². The first-order valence-corrected chi connectivity index (χ1v) is 20.2. The van der Waals surface area contributed by atoms with E-state index in [1.165, 1.54) is 81.1 Å². The zero-order chi connectivity index (χ0) is 37.2. The van der Waals surface area contributed by atoms with Gasteiger partial charge in [0.25, 0.3) is 0 Å². The highest BCUT2D eigenvalue weighted by molar-refractivity contribution is 7.26. The Bertz CT molecular complexity index is 3730. The Balaban J connectivity index is 1.08. The molecule has 0 amide bonds. The van der Waals surface area contributed by atoms with E-state index in [4.69, 9.17) is 9.97 Å². The van der Waals surface area contributed by atoms with Gasteiger partial charge in [0.15, 0.2) is 5.82 Å². The number of aromatic nitrogens is 4. The maximum absolute atomic E-state index is 5.26. The first-order chi connectivity index (χ1) is 28.3. The molecule has 0 bridgehead atoms. The van der Waals surface area contributed by atoms with Crippen molar-refractivity contribution in [1.29, 1.82) is 0 Å². The fourth-order valence-electron chi connectivity index (χ4n) is 9.36. The molecule has 0 N–H and O–H groups in total. The van der Waals surface area contributed by atoms with Crippen LogP contribution in [0.4, 0.5) is 0 Å². The highest BCUT2D eigenvalue weighted by Gasteiger charge is 2.25. The van der Waals surface area contributed by atoms with Crippen LogP contribution in [-0.4, -0.2) is 18.9 Å². The van der Waals surface area contributed by atoms with Gasteiger partial charge < -0.3 is 8.97 Å². The average molecular weight is 743 g/mol. The topological polar surface area (TPSA) is 35.1 Å². The smallest absolute Gasteiger partial charge is 0.160 e. The fourth-order valence-corrected chi connectivity index (χ4v) is 10.5. The van der Waals surface area contributed by atoms with Gasteiger partial charge in [0, 0.05) is 59.2 Å². The Morgan fingerprint density at radius 1 is 0.404 bits per heavy atom. The van der Waals surface area contributed by atoms with E-state index < -0.39 is 0 Å². The van der Waals surface area contributed by atoms with E-state index in [2.05, 4.69) is 173 Å². The molecule has 4 nitrogen and oxygen atoms in total. The van der Waals surface area contributed by atoms with Gasteiger partial charge in [0.1, 0.15) is 0 Å². The molecule has 0 spiro atoms. The van der Waals surface area contributed by atoms with E-state index in [1.54, 1.807) is 11.3 Å². The minimum Gasteiger partial charge on any atom is -0.309 e. The van der Waals surface area contributed by atoms with E-state index in [0.29, 0.717) is 0 Å². The largest absolute Gasteiger partial charge is 0.309 e. The Morgan fingerprint density at radius 2 is 1.04 bits per heavy atom. The lowest BCUT2D eigenvalue weighted by molar-refractivity contribution is 1.18. The van der Waals surface area contributed by atoms with Crippen molar-refractivity contribution in [3.05, 3.63) is 182 Å². The van der Waals surface area contributed by atoms with E-state index >= 15 is 0 Å². The molecule has 0 fully saturated rings. The monoisotopic (exact) mass is 742 g/mol. The average Bonchev–Trinajstić information content (AvgIpc) is 4.02. The second-order valence-electron chi connectivity index (χ2n) is 14.9. The molecule has 0 aliphatic carbocycles. The molecule has 0 radical (unpaired) electrons. The highest BCUT2D eigenvalue weighted by Crippen LogP contribution is 2.47. The molecule has 5 heterocycles. The van der Waals surface area contributed by atoms with Crippen molar-refractivity contribution < 1.29 is 0 Å². The Kier molecular flexibility index (Phi) is 6.29. The summed E-state index contributed by atoms with van der Waals surface area (Å²) in [5, 5.41) is 8.77. The van der Waals surface area contributed by atoms with Crippen LogP contribution in [-0.2, 0) is 0 Å². The lowest BCUT2D eigenvalue weighted by Crippen LogP contribution is -1.96. The number of hydrogen-bond donors (Lipinski definition) is 0. The second kappa shape index (κ2) is 11.6. The van der Waals surface area contributed by atoms with Crippen LogP contribution in [0, 0.1) is 0 Å². The second-order valence-corrected chi connectivity index (χ2v) is 16.0. The first-order valence-electron chi connectivity index (χ1n) is 19.3. The SMILES string of the molecule is c1ccc(-c2ccc3c(c2)c2cc4c5ccccc5n(-c5ccc(-c6nc(-c7ccccc7)nc7c6sc6ccccc67)cc5)c4c4c5ccccc5n3c24)cc1. The van der Waals surface area contributed by atoms with Crippen LogP contribution in [0.5, 0.6) is 0 Å². The minimum absolute atomic E-state index is 0.741. The zero-order valence-corrected chi connectivity index (χ0v) is 31.3. The lowest BCUT2D eigenvalue weighted by Gasteiger charge is -2.11. The maximum Gasteiger partial charge on any atom is 0.160 e. The third kappa shape index (κ3) is 4.32. The number of benzene rings is 8. The van der Waals surface area contributed by atoms with Gasteiger partial charge in [0.05, 0.1) is 43.5 Å². The summed E-state index contributed by atoms with van der Waals surface area (Å²) < 4.78 is 7.29. The minimum atomic E-state index is 0.741. The molecular weight excluding hydrogens is 713 g/mol. The number of fused-ring (bicyclic) bond motifs is 13. The molecule has 5 aromatic heterocycles. The summed E-state index contributed by atoms with van der Waals surface area (Å²) in [6.07, 6.45) is 0. The number of thiophene rings is 1. The van der Waals surface area contributed by atoms with E-state index in [1.807, 2.05) is 18.2 Å². The van der Waals surface area contributed by atoms with Gasteiger partial charge in [-0.2, -0.15) is 0 Å². The van der Waals surface area contributed by atoms with Crippen LogP contribution < -0.4 is 0 Å². The number of para-hydroxylation sites is 2. The van der Waals surface area contributed by atoms with Crippen molar-refractivity contribution in [2.75, 3.05) is 0 Å². The van der Waals surface area contributed by atoms with Crippen molar-refractivity contribution in [3.63, 3.8) is 0 Å².